The Morgan fingerprint density at radius 2 is 2.19 bits per heavy atom. The first-order valence-electron chi connectivity index (χ1n) is 4.74. The van der Waals surface area contributed by atoms with E-state index in [0.29, 0.717) is 6.54 Å². The van der Waals surface area contributed by atoms with Crippen molar-refractivity contribution >= 4 is 17.8 Å². The molecule has 1 N–H and O–H groups in total. The summed E-state index contributed by atoms with van der Waals surface area (Å²) in [5, 5.41) is 1.95. The zero-order valence-corrected chi connectivity index (χ0v) is 8.58. The lowest BCUT2D eigenvalue weighted by Crippen LogP contribution is -2.41. The Hall–Kier alpha value is -2.18. The summed E-state index contributed by atoms with van der Waals surface area (Å²) < 4.78 is 1.73. The second-order valence-corrected chi connectivity index (χ2v) is 3.54. The number of aromatic nitrogens is 2. The minimum atomic E-state index is -0.873. The van der Waals surface area contributed by atoms with Gasteiger partial charge in [0, 0.05) is 18.9 Å². The van der Waals surface area contributed by atoms with E-state index in [1.165, 1.54) is 0 Å². The number of hydrogen-bond acceptors (Lipinski definition) is 4. The number of imide groups is 2. The smallest absolute Gasteiger partial charge is 0.331 e. The fraction of sp³-hybridized carbons (Fsp3) is 0.333. The molecule has 16 heavy (non-hydrogen) atoms. The lowest BCUT2D eigenvalue weighted by molar-refractivity contribution is -0.141. The van der Waals surface area contributed by atoms with Gasteiger partial charge in [0.2, 0.25) is 0 Å². The molecule has 4 amide bonds. The quantitative estimate of drug-likeness (QED) is 0.544. The predicted molar refractivity (Wildman–Crippen MR) is 52.1 cm³/mol. The van der Waals surface area contributed by atoms with E-state index >= 15 is 0 Å². The van der Waals surface area contributed by atoms with Crippen LogP contribution in [-0.2, 0) is 16.1 Å². The van der Waals surface area contributed by atoms with Crippen molar-refractivity contribution in [3.8, 4) is 0 Å². The van der Waals surface area contributed by atoms with Crippen LogP contribution in [0.25, 0.3) is 0 Å². The van der Waals surface area contributed by atoms with Gasteiger partial charge >= 0.3 is 17.8 Å². The van der Waals surface area contributed by atoms with E-state index in [1.54, 1.807) is 30.2 Å². The van der Waals surface area contributed by atoms with Crippen molar-refractivity contribution in [3.63, 3.8) is 0 Å². The molecule has 0 aliphatic carbocycles. The molecule has 2 heterocycles. The zero-order chi connectivity index (χ0) is 11.7. The van der Waals surface area contributed by atoms with Crippen molar-refractivity contribution < 1.29 is 14.4 Å². The van der Waals surface area contributed by atoms with Gasteiger partial charge in [-0.25, -0.2) is 9.78 Å². The Bertz CT molecular complexity index is 440. The lowest BCUT2D eigenvalue weighted by Gasteiger charge is -2.20. The van der Waals surface area contributed by atoms with E-state index in [9.17, 15) is 14.4 Å². The fourth-order valence-corrected chi connectivity index (χ4v) is 1.59. The Morgan fingerprint density at radius 3 is 2.69 bits per heavy atom. The van der Waals surface area contributed by atoms with Crippen molar-refractivity contribution in [2.24, 2.45) is 0 Å². The second kappa shape index (κ2) is 3.76. The van der Waals surface area contributed by atoms with Crippen LogP contribution in [0.15, 0.2) is 18.7 Å². The summed E-state index contributed by atoms with van der Waals surface area (Å²) in [6.07, 6.45) is 4.90. The SMILES string of the molecule is CC(Cn1ccnc1)N1C(=O)NC(=O)C1=O. The number of imidazole rings is 1. The number of urea groups is 1. The lowest BCUT2D eigenvalue weighted by atomic mass is 10.3. The number of carbonyl (C=O) groups excluding carboxylic acids is 3. The molecule has 1 fully saturated rings. The fourth-order valence-electron chi connectivity index (χ4n) is 1.59. The van der Waals surface area contributed by atoms with Crippen molar-refractivity contribution in [1.29, 1.82) is 0 Å². The van der Waals surface area contributed by atoms with Gasteiger partial charge in [-0.05, 0) is 6.92 Å². The molecule has 2 rings (SSSR count). The molecule has 1 aromatic rings. The number of nitrogens with zero attached hydrogens (tertiary/aromatic N) is 3. The molecule has 7 nitrogen and oxygen atoms in total. The topological polar surface area (TPSA) is 84.3 Å². The number of carbonyl (C=O) groups is 3. The van der Waals surface area contributed by atoms with Gasteiger partial charge in [-0.2, -0.15) is 0 Å². The number of hydrogen-bond donors (Lipinski definition) is 1. The maximum absolute atomic E-state index is 11.4. The maximum Gasteiger partial charge on any atom is 0.331 e. The molecule has 0 spiro atoms. The van der Waals surface area contributed by atoms with Gasteiger partial charge < -0.3 is 4.57 Å². The van der Waals surface area contributed by atoms with Crippen LogP contribution in [0.1, 0.15) is 6.92 Å². The van der Waals surface area contributed by atoms with Crippen molar-refractivity contribution in [2.45, 2.75) is 19.5 Å². The van der Waals surface area contributed by atoms with E-state index in [-0.39, 0.29) is 0 Å². The van der Waals surface area contributed by atoms with Gasteiger partial charge in [-0.15, -0.1) is 0 Å². The molecule has 0 saturated carbocycles. The highest BCUT2D eigenvalue weighted by Crippen LogP contribution is 2.08. The van der Waals surface area contributed by atoms with E-state index in [0.717, 1.165) is 4.90 Å². The van der Waals surface area contributed by atoms with Crippen LogP contribution in [-0.4, -0.2) is 38.3 Å². The molecular weight excluding hydrogens is 212 g/mol. The third-order valence-electron chi connectivity index (χ3n) is 2.33. The van der Waals surface area contributed by atoms with Crippen LogP contribution in [0.2, 0.25) is 0 Å². The summed E-state index contributed by atoms with van der Waals surface area (Å²) in [5.41, 5.74) is 0. The molecule has 0 aromatic carbocycles. The van der Waals surface area contributed by atoms with Gasteiger partial charge in [-0.3, -0.25) is 19.8 Å². The van der Waals surface area contributed by atoms with Crippen LogP contribution < -0.4 is 5.32 Å². The molecule has 1 unspecified atom stereocenters. The van der Waals surface area contributed by atoms with Crippen molar-refractivity contribution in [1.82, 2.24) is 19.8 Å². The highest BCUT2D eigenvalue weighted by atomic mass is 16.2. The molecule has 84 valence electrons. The van der Waals surface area contributed by atoms with E-state index < -0.39 is 23.9 Å². The summed E-state index contributed by atoms with van der Waals surface area (Å²) >= 11 is 0. The van der Waals surface area contributed by atoms with E-state index in [2.05, 4.69) is 4.98 Å². The van der Waals surface area contributed by atoms with E-state index in [4.69, 9.17) is 0 Å². The molecular formula is C9H10N4O3. The first-order chi connectivity index (χ1) is 7.59. The maximum atomic E-state index is 11.4. The molecule has 1 saturated heterocycles. The average molecular weight is 222 g/mol. The Labute approximate surface area is 91.0 Å². The average Bonchev–Trinajstić information content (AvgIpc) is 2.77. The summed E-state index contributed by atoms with van der Waals surface area (Å²) in [6, 6.07) is -1.06. The number of rotatable bonds is 3. The Kier molecular flexibility index (Phi) is 2.43. The summed E-state index contributed by atoms with van der Waals surface area (Å²) in [5.74, 6) is -1.68. The monoisotopic (exact) mass is 222 g/mol. The molecule has 0 bridgehead atoms. The van der Waals surface area contributed by atoms with Crippen molar-refractivity contribution in [3.05, 3.63) is 18.7 Å². The van der Waals surface area contributed by atoms with Crippen LogP contribution >= 0.6 is 0 Å². The molecule has 7 heteroatoms. The molecule has 1 aliphatic rings. The summed E-state index contributed by atoms with van der Waals surface area (Å²) in [4.78, 5) is 38.4. The number of amides is 4. The first-order valence-corrected chi connectivity index (χ1v) is 4.74. The minimum absolute atomic E-state index is 0.395. The minimum Gasteiger partial charge on any atom is -0.335 e. The largest absolute Gasteiger partial charge is 0.335 e. The van der Waals surface area contributed by atoms with Crippen LogP contribution in [0, 0.1) is 0 Å². The summed E-state index contributed by atoms with van der Waals surface area (Å²) in [6.45, 7) is 2.10. The second-order valence-electron chi connectivity index (χ2n) is 3.54. The highest BCUT2D eigenvalue weighted by molar-refractivity contribution is 6.44. The molecule has 0 radical (unpaired) electrons. The summed E-state index contributed by atoms with van der Waals surface area (Å²) in [7, 11) is 0. The van der Waals surface area contributed by atoms with Gasteiger partial charge in [0.15, 0.2) is 0 Å². The van der Waals surface area contributed by atoms with Gasteiger partial charge in [-0.1, -0.05) is 0 Å². The third-order valence-corrected chi connectivity index (χ3v) is 2.33. The Morgan fingerprint density at radius 1 is 1.44 bits per heavy atom. The van der Waals surface area contributed by atoms with Gasteiger partial charge in [0.05, 0.1) is 12.4 Å². The highest BCUT2D eigenvalue weighted by Gasteiger charge is 2.39. The molecule has 1 aliphatic heterocycles. The van der Waals surface area contributed by atoms with E-state index in [1.807, 2.05) is 5.32 Å². The van der Waals surface area contributed by atoms with Gasteiger partial charge in [0.1, 0.15) is 0 Å². The first kappa shape index (κ1) is 10.3. The van der Waals surface area contributed by atoms with Crippen molar-refractivity contribution in [2.75, 3.05) is 0 Å². The van der Waals surface area contributed by atoms with Crippen LogP contribution in [0.4, 0.5) is 4.79 Å². The van der Waals surface area contributed by atoms with Crippen LogP contribution in [0.3, 0.4) is 0 Å². The third kappa shape index (κ3) is 1.67. The normalized spacial score (nSPS) is 17.8. The zero-order valence-electron chi connectivity index (χ0n) is 8.58. The Balaban J connectivity index is 2.10. The number of nitrogens with one attached hydrogen (secondary N) is 1. The standard InChI is InChI=1S/C9H10N4O3/c1-6(4-12-3-2-10-5-12)13-8(15)7(14)11-9(13)16/h2-3,5-6H,4H2,1H3,(H,11,14,16). The van der Waals surface area contributed by atoms with Crippen LogP contribution in [0.5, 0.6) is 0 Å². The predicted octanol–water partition coefficient (Wildman–Crippen LogP) is -0.650. The molecule has 1 atom stereocenters. The molecule has 1 aromatic heterocycles. The van der Waals surface area contributed by atoms with Gasteiger partial charge in [0.25, 0.3) is 0 Å².